The third kappa shape index (κ3) is 5.05. The van der Waals surface area contributed by atoms with E-state index in [0.717, 1.165) is 16.3 Å². The minimum absolute atomic E-state index is 0.0119. The molecule has 0 unspecified atom stereocenters. The van der Waals surface area contributed by atoms with Crippen molar-refractivity contribution in [3.8, 4) is 0 Å². The number of aryl methyl sites for hydroxylation is 2. The second-order valence-electron chi connectivity index (χ2n) is 7.31. The van der Waals surface area contributed by atoms with Gasteiger partial charge in [0, 0.05) is 14.1 Å². The first-order chi connectivity index (χ1) is 16.1. The first kappa shape index (κ1) is 24.4. The number of nitrogens with zero attached hydrogens (tertiary/aromatic N) is 2. The molecule has 4 aromatic rings. The zero-order valence-corrected chi connectivity index (χ0v) is 19.0. The van der Waals surface area contributed by atoms with Crippen molar-refractivity contribution in [1.82, 2.24) is 14.5 Å². The van der Waals surface area contributed by atoms with Crippen LogP contribution in [-0.2, 0) is 18.9 Å². The maximum absolute atomic E-state index is 12.0. The number of carboxylic acid groups (broad SMARTS) is 1. The Morgan fingerprint density at radius 3 is 1.74 bits per heavy atom. The van der Waals surface area contributed by atoms with Crippen LogP contribution in [0.5, 0.6) is 0 Å². The Hall–Kier alpha value is -4.24. The molecule has 0 saturated carbocycles. The molecule has 0 aliphatic heterocycles. The Morgan fingerprint density at radius 1 is 0.824 bits per heavy atom. The summed E-state index contributed by atoms with van der Waals surface area (Å²) in [7, 11) is 3.19. The van der Waals surface area contributed by atoms with Crippen molar-refractivity contribution < 1.29 is 19.5 Å². The number of fused-ring (bicyclic) bond motifs is 2. The number of nitrogens with one attached hydrogen (secondary N) is 1. The van der Waals surface area contributed by atoms with E-state index in [2.05, 4.69) is 5.32 Å². The molecule has 2 aromatic carbocycles. The number of para-hydroxylation sites is 2. The summed E-state index contributed by atoms with van der Waals surface area (Å²) in [5.74, 6) is -1.85. The van der Waals surface area contributed by atoms with E-state index < -0.39 is 29.2 Å². The quantitative estimate of drug-likeness (QED) is 0.430. The highest BCUT2D eigenvalue weighted by molar-refractivity contribution is 6.67. The zero-order valence-electron chi connectivity index (χ0n) is 18.2. The van der Waals surface area contributed by atoms with Crippen LogP contribution < -0.4 is 16.4 Å². The fourth-order valence-corrected chi connectivity index (χ4v) is 3.53. The fourth-order valence-electron chi connectivity index (χ4n) is 3.40. The smallest absolute Gasteiger partial charge is 0.322 e. The third-order valence-corrected chi connectivity index (χ3v) is 5.33. The molecule has 2 heterocycles. The number of amides is 1. The van der Waals surface area contributed by atoms with Crippen molar-refractivity contribution in [3.05, 3.63) is 92.5 Å². The Morgan fingerprint density at radius 2 is 1.26 bits per heavy atom. The lowest BCUT2D eigenvalue weighted by molar-refractivity contribution is -0.135. The van der Waals surface area contributed by atoms with E-state index in [0.29, 0.717) is 5.52 Å². The molecule has 0 spiro atoms. The summed E-state index contributed by atoms with van der Waals surface area (Å²) in [4.78, 5) is 56.9. The number of pyridine rings is 2. The second kappa shape index (κ2) is 10.1. The summed E-state index contributed by atoms with van der Waals surface area (Å²) >= 11 is 5.33. The highest BCUT2D eigenvalue weighted by atomic mass is 35.5. The monoisotopic (exact) mass is 481 g/mol. The lowest BCUT2D eigenvalue weighted by Crippen LogP contribution is -2.35. The number of hydrogen-bond donors (Lipinski definition) is 2. The molecule has 1 amide bonds. The Balaban J connectivity index is 0.000000196. The molecule has 174 valence electrons. The van der Waals surface area contributed by atoms with Crippen LogP contribution >= 0.6 is 11.6 Å². The summed E-state index contributed by atoms with van der Waals surface area (Å²) in [6.45, 7) is -0.519. The number of carbonyl (C=O) groups is 3. The van der Waals surface area contributed by atoms with E-state index in [9.17, 15) is 24.0 Å². The van der Waals surface area contributed by atoms with Crippen molar-refractivity contribution in [1.29, 1.82) is 0 Å². The zero-order chi connectivity index (χ0) is 25.0. The largest absolute Gasteiger partial charge is 0.480 e. The van der Waals surface area contributed by atoms with Gasteiger partial charge in [0.1, 0.15) is 17.7 Å². The molecule has 0 radical (unpaired) electrons. The van der Waals surface area contributed by atoms with Gasteiger partial charge in [0.15, 0.2) is 0 Å². The van der Waals surface area contributed by atoms with Crippen LogP contribution in [0.3, 0.4) is 0 Å². The average molecular weight is 482 g/mol. The molecule has 0 aliphatic rings. The molecule has 0 bridgehead atoms. The number of carbonyl (C=O) groups excluding carboxylic acids is 2. The van der Waals surface area contributed by atoms with Crippen molar-refractivity contribution >= 4 is 50.5 Å². The molecule has 0 aliphatic carbocycles. The van der Waals surface area contributed by atoms with E-state index in [1.165, 1.54) is 21.3 Å². The molecule has 34 heavy (non-hydrogen) atoms. The highest BCUT2D eigenvalue weighted by Crippen LogP contribution is 2.13. The van der Waals surface area contributed by atoms with Crippen LogP contribution in [0.1, 0.15) is 20.7 Å². The summed E-state index contributed by atoms with van der Waals surface area (Å²) < 4.78 is 2.79. The Kier molecular flexibility index (Phi) is 7.28. The van der Waals surface area contributed by atoms with E-state index >= 15 is 0 Å². The molecular formula is C24H20ClN3O6. The summed E-state index contributed by atoms with van der Waals surface area (Å²) in [5.41, 5.74) is 0.613. The highest BCUT2D eigenvalue weighted by Gasteiger charge is 2.14. The average Bonchev–Trinajstić information content (AvgIpc) is 2.82. The van der Waals surface area contributed by atoms with Crippen molar-refractivity contribution in [2.24, 2.45) is 14.1 Å². The van der Waals surface area contributed by atoms with Gasteiger partial charge in [-0.05, 0) is 46.6 Å². The van der Waals surface area contributed by atoms with Gasteiger partial charge < -0.3 is 19.6 Å². The summed E-state index contributed by atoms with van der Waals surface area (Å²) in [6.07, 6.45) is 0. The predicted molar refractivity (Wildman–Crippen MR) is 129 cm³/mol. The molecule has 0 saturated heterocycles. The number of carboxylic acids is 1. The number of hydrogen-bond acceptors (Lipinski definition) is 5. The maximum Gasteiger partial charge on any atom is 0.322 e. The molecule has 0 atom stereocenters. The standard InChI is InChI=1S/C13H12N2O4.C11H8ClNO2/c1-15-10-5-3-2-4-8(10)6-9(13(15)19)12(18)14-7-11(16)17;1-13-9-5-3-2-4-7(9)6-8(10(12)14)11(13)15/h2-6H,7H2,1H3,(H,14,18)(H,16,17);2-6H,1H3. The van der Waals surface area contributed by atoms with Gasteiger partial charge >= 0.3 is 5.97 Å². The SMILES string of the molecule is Cn1c(=O)c(C(=O)Cl)cc2ccccc21.Cn1c(=O)c(C(=O)NCC(=O)O)cc2ccccc21. The number of rotatable bonds is 4. The molecule has 2 N–H and O–H groups in total. The Labute approximate surface area is 197 Å². The van der Waals surface area contributed by atoms with Crippen molar-refractivity contribution in [3.63, 3.8) is 0 Å². The van der Waals surface area contributed by atoms with E-state index in [4.69, 9.17) is 16.7 Å². The third-order valence-electron chi connectivity index (χ3n) is 5.12. The summed E-state index contributed by atoms with van der Waals surface area (Å²) in [5, 5.41) is 11.5. The molecular weight excluding hydrogens is 462 g/mol. The molecule has 2 aromatic heterocycles. The van der Waals surface area contributed by atoms with Crippen LogP contribution in [0.2, 0.25) is 0 Å². The molecule has 0 fully saturated rings. The van der Waals surface area contributed by atoms with Gasteiger partial charge in [0.25, 0.3) is 22.3 Å². The molecule has 4 rings (SSSR count). The van der Waals surface area contributed by atoms with Crippen LogP contribution in [0.15, 0.2) is 70.3 Å². The lowest BCUT2D eigenvalue weighted by Gasteiger charge is -2.08. The number of aromatic nitrogens is 2. The van der Waals surface area contributed by atoms with Gasteiger partial charge in [-0.15, -0.1) is 0 Å². The predicted octanol–water partition coefficient (Wildman–Crippen LogP) is 2.27. The Bertz CT molecular complexity index is 1550. The minimum atomic E-state index is -1.16. The number of aliphatic carboxylic acids is 1. The number of halogens is 1. The number of benzene rings is 2. The maximum atomic E-state index is 12.0. The van der Waals surface area contributed by atoms with Crippen LogP contribution in [0.25, 0.3) is 21.8 Å². The lowest BCUT2D eigenvalue weighted by atomic mass is 10.1. The second-order valence-corrected chi connectivity index (χ2v) is 7.66. The van der Waals surface area contributed by atoms with Crippen LogP contribution in [0.4, 0.5) is 0 Å². The first-order valence-corrected chi connectivity index (χ1v) is 10.4. The van der Waals surface area contributed by atoms with Gasteiger partial charge in [-0.25, -0.2) is 0 Å². The molecule has 9 nitrogen and oxygen atoms in total. The first-order valence-electron chi connectivity index (χ1n) is 9.99. The van der Waals surface area contributed by atoms with Gasteiger partial charge in [-0.1, -0.05) is 36.4 Å². The van der Waals surface area contributed by atoms with E-state index in [1.54, 1.807) is 38.4 Å². The van der Waals surface area contributed by atoms with Crippen LogP contribution in [0, 0.1) is 0 Å². The van der Waals surface area contributed by atoms with Gasteiger partial charge in [0.05, 0.1) is 11.0 Å². The van der Waals surface area contributed by atoms with Crippen molar-refractivity contribution in [2.75, 3.05) is 6.54 Å². The minimum Gasteiger partial charge on any atom is -0.480 e. The summed E-state index contributed by atoms with van der Waals surface area (Å²) in [6, 6.07) is 17.5. The van der Waals surface area contributed by atoms with E-state index in [1.807, 2.05) is 24.3 Å². The van der Waals surface area contributed by atoms with E-state index in [-0.39, 0.29) is 16.7 Å². The van der Waals surface area contributed by atoms with Gasteiger partial charge in [-0.2, -0.15) is 0 Å². The van der Waals surface area contributed by atoms with Gasteiger partial charge in [-0.3, -0.25) is 24.0 Å². The van der Waals surface area contributed by atoms with Crippen LogP contribution in [-0.4, -0.2) is 37.9 Å². The van der Waals surface area contributed by atoms with Gasteiger partial charge in [0.2, 0.25) is 0 Å². The normalized spacial score (nSPS) is 10.4. The fraction of sp³-hybridized carbons (Fsp3) is 0.125. The molecule has 10 heteroatoms. The van der Waals surface area contributed by atoms with Crippen molar-refractivity contribution in [2.45, 2.75) is 0 Å². The topological polar surface area (TPSA) is 127 Å².